The Morgan fingerprint density at radius 2 is 1.86 bits per heavy atom. The van der Waals surface area contributed by atoms with Crippen molar-refractivity contribution in [1.82, 2.24) is 0 Å². The van der Waals surface area contributed by atoms with Gasteiger partial charge in [-0.05, 0) is 20.3 Å². The molecule has 0 aliphatic carbocycles. The summed E-state index contributed by atoms with van der Waals surface area (Å²) in [5.41, 5.74) is -0.560. The topological polar surface area (TPSA) is 74.2 Å². The molecule has 0 aromatic rings. The lowest BCUT2D eigenvalue weighted by molar-refractivity contribution is -0.160. The predicted octanol–water partition coefficient (Wildman–Crippen LogP) is 2.03. The van der Waals surface area contributed by atoms with Crippen molar-refractivity contribution in [3.8, 4) is 0 Å². The van der Waals surface area contributed by atoms with E-state index in [0.717, 1.165) is 0 Å². The molecular weight excluding hydrogens is 288 g/mol. The van der Waals surface area contributed by atoms with Gasteiger partial charge in [0.2, 0.25) is 0 Å². The maximum absolute atomic E-state index is 11.8. The zero-order chi connectivity index (χ0) is 17.2. The second-order valence-electron chi connectivity index (χ2n) is 5.25. The molecule has 0 aromatic heterocycles. The lowest BCUT2D eigenvalue weighted by atomic mass is 9.88. The van der Waals surface area contributed by atoms with Crippen molar-refractivity contribution >= 4 is 5.97 Å². The van der Waals surface area contributed by atoms with E-state index < -0.39 is 23.6 Å². The van der Waals surface area contributed by atoms with Gasteiger partial charge in [0, 0.05) is 7.11 Å². The van der Waals surface area contributed by atoms with Crippen molar-refractivity contribution in [1.29, 1.82) is 0 Å². The van der Waals surface area contributed by atoms with Gasteiger partial charge in [-0.25, -0.2) is 4.79 Å². The highest BCUT2D eigenvalue weighted by Crippen LogP contribution is 2.25. The van der Waals surface area contributed by atoms with Crippen LogP contribution in [0.3, 0.4) is 0 Å². The molecule has 0 bridgehead atoms. The van der Waals surface area contributed by atoms with Crippen molar-refractivity contribution in [2.45, 2.75) is 39.4 Å². The third-order valence-corrected chi connectivity index (χ3v) is 3.49. The van der Waals surface area contributed by atoms with Crippen molar-refractivity contribution in [3.63, 3.8) is 0 Å². The molecule has 3 unspecified atom stereocenters. The van der Waals surface area contributed by atoms with Gasteiger partial charge in [-0.15, -0.1) is 0 Å². The van der Waals surface area contributed by atoms with E-state index in [1.165, 1.54) is 13.4 Å². The molecule has 0 aromatic carbocycles. The van der Waals surface area contributed by atoms with Gasteiger partial charge >= 0.3 is 5.97 Å². The van der Waals surface area contributed by atoms with Crippen LogP contribution in [-0.4, -0.2) is 50.2 Å². The molecule has 0 rings (SSSR count). The molecule has 0 aliphatic heterocycles. The summed E-state index contributed by atoms with van der Waals surface area (Å²) in [5.74, 6) is -0.193. The monoisotopic (exact) mass is 316 g/mol. The minimum atomic E-state index is -0.772. The number of rotatable bonds is 12. The largest absolute Gasteiger partial charge is 0.501 e. The van der Waals surface area contributed by atoms with Crippen LogP contribution in [0.2, 0.25) is 0 Å². The molecule has 0 amide bonds. The summed E-state index contributed by atoms with van der Waals surface area (Å²) >= 11 is 0. The van der Waals surface area contributed by atoms with Crippen molar-refractivity contribution in [2.24, 2.45) is 5.41 Å². The van der Waals surface area contributed by atoms with Gasteiger partial charge in [0.05, 0.1) is 24.9 Å². The van der Waals surface area contributed by atoms with Crippen LogP contribution in [0.15, 0.2) is 25.2 Å². The molecule has 0 heterocycles. The van der Waals surface area contributed by atoms with E-state index in [4.69, 9.17) is 18.9 Å². The summed E-state index contributed by atoms with van der Waals surface area (Å²) in [7, 11) is 1.44. The van der Waals surface area contributed by atoms with Gasteiger partial charge in [-0.2, -0.15) is 0 Å². The fraction of sp³-hybridized carbons (Fsp3) is 0.688. The molecule has 6 heteroatoms. The first-order valence-corrected chi connectivity index (χ1v) is 7.23. The molecule has 22 heavy (non-hydrogen) atoms. The highest BCUT2D eigenvalue weighted by molar-refractivity contribution is 5.74. The summed E-state index contributed by atoms with van der Waals surface area (Å²) in [5, 5.41) is 9.42. The number of carbonyl (C=O) groups excluding carboxylic acids is 1. The van der Waals surface area contributed by atoms with Crippen LogP contribution < -0.4 is 0 Å². The predicted molar refractivity (Wildman–Crippen MR) is 83.1 cm³/mol. The van der Waals surface area contributed by atoms with Gasteiger partial charge in [-0.1, -0.05) is 20.1 Å². The molecule has 1 N–H and O–H groups in total. The molecule has 0 saturated carbocycles. The number of carbonyl (C=O) groups is 1. The number of methoxy groups -OCH3 is 1. The van der Waals surface area contributed by atoms with Crippen LogP contribution in [0.5, 0.6) is 0 Å². The SMILES string of the molecule is C=COCC(CC)(COC(=C)C(C)O)COC(=O)C(C)OC. The van der Waals surface area contributed by atoms with E-state index in [1.807, 2.05) is 6.92 Å². The van der Waals surface area contributed by atoms with Gasteiger partial charge in [0.25, 0.3) is 0 Å². The summed E-state index contributed by atoms with van der Waals surface area (Å²) in [6.07, 6.45) is 0.560. The number of ether oxygens (including phenoxy) is 4. The third kappa shape index (κ3) is 6.95. The highest BCUT2D eigenvalue weighted by Gasteiger charge is 2.33. The highest BCUT2D eigenvalue weighted by atomic mass is 16.6. The van der Waals surface area contributed by atoms with Crippen LogP contribution in [-0.2, 0) is 23.7 Å². The minimum Gasteiger partial charge on any atom is -0.501 e. The van der Waals surface area contributed by atoms with Gasteiger partial charge in [-0.3, -0.25) is 0 Å². The van der Waals surface area contributed by atoms with Crippen molar-refractivity contribution in [3.05, 3.63) is 25.2 Å². The third-order valence-electron chi connectivity index (χ3n) is 3.49. The second-order valence-corrected chi connectivity index (χ2v) is 5.25. The number of aliphatic hydroxyl groups is 1. The van der Waals surface area contributed by atoms with E-state index in [-0.39, 0.29) is 25.6 Å². The Kier molecular flexibility index (Phi) is 9.53. The Morgan fingerprint density at radius 3 is 2.32 bits per heavy atom. The fourth-order valence-electron chi connectivity index (χ4n) is 1.47. The summed E-state index contributed by atoms with van der Waals surface area (Å²) in [6, 6.07) is 0. The van der Waals surface area contributed by atoms with Crippen LogP contribution in [0, 0.1) is 5.41 Å². The van der Waals surface area contributed by atoms with Crippen LogP contribution in [0.1, 0.15) is 27.2 Å². The normalized spacial score (nSPS) is 16.0. The summed E-state index contributed by atoms with van der Waals surface area (Å²) in [6.45, 7) is 12.9. The second kappa shape index (κ2) is 10.2. The van der Waals surface area contributed by atoms with Crippen LogP contribution in [0.4, 0.5) is 0 Å². The minimum absolute atomic E-state index is 0.108. The lowest BCUT2D eigenvalue weighted by Crippen LogP contribution is -2.38. The molecule has 0 spiro atoms. The van der Waals surface area contributed by atoms with Gasteiger partial charge < -0.3 is 24.1 Å². The van der Waals surface area contributed by atoms with E-state index in [2.05, 4.69) is 13.2 Å². The molecule has 6 nitrogen and oxygen atoms in total. The smallest absolute Gasteiger partial charge is 0.334 e. The Labute approximate surface area is 132 Å². The zero-order valence-corrected chi connectivity index (χ0v) is 14.0. The first kappa shape index (κ1) is 20.5. The van der Waals surface area contributed by atoms with E-state index in [1.54, 1.807) is 13.8 Å². The molecule has 3 atom stereocenters. The molecule has 0 aliphatic rings. The standard InChI is InChI=1S/C16H28O6/c1-7-16(9-20-8-2,10-21-13(4)12(3)17)11-22-15(18)14(5)19-6/h8,12,14,17H,2,4,7,9-11H2,1,3,5-6H3. The Bertz CT molecular complexity index is 366. The molecule has 128 valence electrons. The maximum atomic E-state index is 11.8. The fourth-order valence-corrected chi connectivity index (χ4v) is 1.47. The van der Waals surface area contributed by atoms with E-state index in [0.29, 0.717) is 6.42 Å². The molecular formula is C16H28O6. The molecule has 0 saturated heterocycles. The Hall–Kier alpha value is -1.53. The Morgan fingerprint density at radius 1 is 1.27 bits per heavy atom. The quantitative estimate of drug-likeness (QED) is 0.439. The first-order valence-electron chi connectivity index (χ1n) is 7.23. The molecule has 0 fully saturated rings. The van der Waals surface area contributed by atoms with Gasteiger partial charge in [0.15, 0.2) is 6.10 Å². The zero-order valence-electron chi connectivity index (χ0n) is 14.0. The summed E-state index contributed by atoms with van der Waals surface area (Å²) in [4.78, 5) is 11.8. The van der Waals surface area contributed by atoms with E-state index in [9.17, 15) is 9.90 Å². The number of hydrogen-bond acceptors (Lipinski definition) is 6. The van der Waals surface area contributed by atoms with Crippen molar-refractivity contribution in [2.75, 3.05) is 26.9 Å². The van der Waals surface area contributed by atoms with Crippen molar-refractivity contribution < 1.29 is 28.8 Å². The number of esters is 1. The van der Waals surface area contributed by atoms with E-state index >= 15 is 0 Å². The number of hydrogen-bond donors (Lipinski definition) is 1. The molecule has 0 radical (unpaired) electrons. The average Bonchev–Trinajstić information content (AvgIpc) is 2.52. The van der Waals surface area contributed by atoms with Gasteiger partial charge in [0.1, 0.15) is 18.5 Å². The lowest BCUT2D eigenvalue weighted by Gasteiger charge is -2.32. The number of aliphatic hydroxyl groups excluding tert-OH is 1. The Balaban J connectivity index is 4.79. The van der Waals surface area contributed by atoms with Crippen LogP contribution >= 0.6 is 0 Å². The first-order chi connectivity index (χ1) is 10.3. The maximum Gasteiger partial charge on any atom is 0.334 e. The average molecular weight is 316 g/mol. The summed E-state index contributed by atoms with van der Waals surface area (Å²) < 4.78 is 21.0. The van der Waals surface area contributed by atoms with Crippen LogP contribution in [0.25, 0.3) is 0 Å².